The number of benzene rings is 1. The third kappa shape index (κ3) is 4.36. The number of hydrogen-bond acceptors (Lipinski definition) is 6. The number of ether oxygens (including phenoxy) is 2. The lowest BCUT2D eigenvalue weighted by molar-refractivity contribution is 0.313. The lowest BCUT2D eigenvalue weighted by Crippen LogP contribution is -2.07. The van der Waals surface area contributed by atoms with Crippen LogP contribution in [0.25, 0.3) is 22.6 Å². The van der Waals surface area contributed by atoms with Gasteiger partial charge in [0.25, 0.3) is 0 Å². The van der Waals surface area contributed by atoms with Crippen molar-refractivity contribution in [3.05, 3.63) is 58.2 Å². The quantitative estimate of drug-likeness (QED) is 0.368. The summed E-state index contributed by atoms with van der Waals surface area (Å²) in [4.78, 5) is 17.7. The highest BCUT2D eigenvalue weighted by molar-refractivity contribution is 9.10. The smallest absolute Gasteiger partial charge is 0.318 e. The maximum absolute atomic E-state index is 13.9. The molecule has 9 heteroatoms. The number of aromatic nitrogens is 5. The number of pyridine rings is 1. The zero-order chi connectivity index (χ0) is 22.0. The molecule has 4 aromatic rings. The molecule has 0 unspecified atom stereocenters. The Morgan fingerprint density at radius 1 is 1.03 bits per heavy atom. The van der Waals surface area contributed by atoms with Crippen LogP contribution in [0.15, 0.2) is 41.1 Å². The number of fused-ring (bicyclic) bond motifs is 1. The molecule has 0 aliphatic heterocycles. The molecule has 3 aromatic heterocycles. The minimum atomic E-state index is -0.437. The number of nitrogens with zero attached hydrogens (tertiary/aromatic N) is 5. The molecule has 0 bridgehead atoms. The van der Waals surface area contributed by atoms with Crippen LogP contribution in [0.1, 0.15) is 25.1 Å². The second-order valence-corrected chi connectivity index (χ2v) is 7.71. The summed E-state index contributed by atoms with van der Waals surface area (Å²) in [6.45, 7) is 7.05. The topological polar surface area (TPSA) is 75.0 Å². The Hall–Kier alpha value is -3.07. The van der Waals surface area contributed by atoms with Crippen molar-refractivity contribution in [3.63, 3.8) is 0 Å². The van der Waals surface area contributed by atoms with E-state index in [4.69, 9.17) is 14.5 Å². The molecule has 31 heavy (non-hydrogen) atoms. The maximum Gasteiger partial charge on any atom is 0.318 e. The van der Waals surface area contributed by atoms with Crippen molar-refractivity contribution >= 4 is 27.1 Å². The van der Waals surface area contributed by atoms with Crippen molar-refractivity contribution in [2.45, 2.75) is 27.3 Å². The Labute approximate surface area is 187 Å². The molecule has 0 atom stereocenters. The van der Waals surface area contributed by atoms with Crippen LogP contribution < -0.4 is 9.47 Å². The number of aryl methyl sites for hydroxylation is 1. The first-order valence-corrected chi connectivity index (χ1v) is 10.7. The van der Waals surface area contributed by atoms with Gasteiger partial charge in [-0.3, -0.25) is 4.98 Å². The first-order chi connectivity index (χ1) is 15.0. The molecule has 0 fully saturated rings. The van der Waals surface area contributed by atoms with Crippen molar-refractivity contribution < 1.29 is 13.9 Å². The van der Waals surface area contributed by atoms with Crippen LogP contribution in [0.3, 0.4) is 0 Å². The van der Waals surface area contributed by atoms with E-state index >= 15 is 0 Å². The third-order valence-electron chi connectivity index (χ3n) is 4.64. The zero-order valence-electron chi connectivity index (χ0n) is 17.4. The molecule has 0 radical (unpaired) electrons. The second kappa shape index (κ2) is 8.97. The molecule has 0 saturated heterocycles. The molecule has 0 saturated carbocycles. The molecule has 4 rings (SSSR count). The molecular formula is C22H21BrFN5O2. The summed E-state index contributed by atoms with van der Waals surface area (Å²) in [5.74, 6) is 0.851. The molecule has 0 amide bonds. The molecular weight excluding hydrogens is 465 g/mol. The molecule has 0 N–H and O–H groups in total. The highest BCUT2D eigenvalue weighted by Gasteiger charge is 2.20. The predicted molar refractivity (Wildman–Crippen MR) is 119 cm³/mol. The summed E-state index contributed by atoms with van der Waals surface area (Å²) in [6, 6.07) is 7.53. The van der Waals surface area contributed by atoms with Crippen molar-refractivity contribution in [3.8, 4) is 23.1 Å². The predicted octanol–water partition coefficient (Wildman–Crippen LogP) is 4.94. The van der Waals surface area contributed by atoms with Crippen molar-refractivity contribution in [2.24, 2.45) is 0 Å². The molecule has 3 heterocycles. The average Bonchev–Trinajstić information content (AvgIpc) is 3.09. The van der Waals surface area contributed by atoms with Crippen LogP contribution in [0.2, 0.25) is 0 Å². The third-order valence-corrected chi connectivity index (χ3v) is 5.14. The fourth-order valence-electron chi connectivity index (χ4n) is 3.33. The van der Waals surface area contributed by atoms with Gasteiger partial charge in [-0.05, 0) is 39.0 Å². The van der Waals surface area contributed by atoms with Crippen LogP contribution in [-0.4, -0.2) is 37.7 Å². The van der Waals surface area contributed by atoms with Crippen molar-refractivity contribution in [1.29, 1.82) is 0 Å². The molecule has 0 spiro atoms. The minimum absolute atomic E-state index is 0.276. The van der Waals surface area contributed by atoms with E-state index in [1.807, 2.05) is 43.5 Å². The van der Waals surface area contributed by atoms with Gasteiger partial charge < -0.3 is 14.0 Å². The number of imidazole rings is 1. The summed E-state index contributed by atoms with van der Waals surface area (Å²) in [6.07, 6.45) is 2.74. The minimum Gasteiger partial charge on any atom is -0.493 e. The normalized spacial score (nSPS) is 11.1. The Bertz CT molecular complexity index is 1240. The molecule has 1 aromatic carbocycles. The summed E-state index contributed by atoms with van der Waals surface area (Å²) in [5.41, 5.74) is 3.38. The van der Waals surface area contributed by atoms with Gasteiger partial charge in [-0.1, -0.05) is 22.0 Å². The maximum atomic E-state index is 13.9. The second-order valence-electron chi connectivity index (χ2n) is 6.80. The van der Waals surface area contributed by atoms with E-state index in [1.165, 1.54) is 6.07 Å². The fraction of sp³-hybridized carbons (Fsp3) is 0.273. The highest BCUT2D eigenvalue weighted by Crippen LogP contribution is 2.30. The van der Waals surface area contributed by atoms with Gasteiger partial charge in [-0.2, -0.15) is 9.97 Å². The Kier molecular flexibility index (Phi) is 6.13. The van der Waals surface area contributed by atoms with Crippen LogP contribution >= 0.6 is 15.9 Å². The molecule has 0 aliphatic rings. The first-order valence-electron chi connectivity index (χ1n) is 9.90. The van der Waals surface area contributed by atoms with E-state index in [0.717, 1.165) is 22.0 Å². The van der Waals surface area contributed by atoms with E-state index in [0.29, 0.717) is 48.0 Å². The summed E-state index contributed by atoms with van der Waals surface area (Å²) in [7, 11) is 0. The largest absolute Gasteiger partial charge is 0.493 e. The van der Waals surface area contributed by atoms with Crippen LogP contribution in [0.5, 0.6) is 11.8 Å². The average molecular weight is 486 g/mol. The van der Waals surface area contributed by atoms with E-state index < -0.39 is 5.82 Å². The van der Waals surface area contributed by atoms with Gasteiger partial charge in [0, 0.05) is 21.8 Å². The standard InChI is InChI=1S/C22H21BrFN5O2/c1-4-30-18-9-16(23)7-6-14(18)12-29-20(15-8-17(24)11-25-10-15)27-19-13(3)26-22(31-5-2)28-21(19)29/h6-11H,4-5,12H2,1-3H3. The van der Waals surface area contributed by atoms with Gasteiger partial charge in [0.05, 0.1) is 31.6 Å². The first kappa shape index (κ1) is 21.2. The number of halogens is 2. The van der Waals surface area contributed by atoms with E-state index in [2.05, 4.69) is 30.9 Å². The number of hydrogen-bond donors (Lipinski definition) is 0. The molecule has 160 valence electrons. The summed E-state index contributed by atoms with van der Waals surface area (Å²) < 4.78 is 28.2. The van der Waals surface area contributed by atoms with Gasteiger partial charge in [0.2, 0.25) is 0 Å². The molecule has 0 aliphatic carbocycles. The van der Waals surface area contributed by atoms with Crippen LogP contribution in [0.4, 0.5) is 4.39 Å². The lowest BCUT2D eigenvalue weighted by Gasteiger charge is -2.14. The van der Waals surface area contributed by atoms with Gasteiger partial charge in [0.15, 0.2) is 5.65 Å². The van der Waals surface area contributed by atoms with Gasteiger partial charge in [0.1, 0.15) is 22.9 Å². The van der Waals surface area contributed by atoms with Gasteiger partial charge in [-0.15, -0.1) is 0 Å². The lowest BCUT2D eigenvalue weighted by atomic mass is 10.2. The Morgan fingerprint density at radius 3 is 2.58 bits per heavy atom. The van der Waals surface area contributed by atoms with Crippen LogP contribution in [0, 0.1) is 12.7 Å². The number of rotatable bonds is 7. The Morgan fingerprint density at radius 2 is 1.84 bits per heavy atom. The fourth-order valence-corrected chi connectivity index (χ4v) is 3.67. The van der Waals surface area contributed by atoms with Crippen molar-refractivity contribution in [2.75, 3.05) is 13.2 Å². The van der Waals surface area contributed by atoms with Gasteiger partial charge in [-0.25, -0.2) is 9.37 Å². The zero-order valence-corrected chi connectivity index (χ0v) is 19.0. The summed E-state index contributed by atoms with van der Waals surface area (Å²) in [5, 5.41) is 0. The monoisotopic (exact) mass is 485 g/mol. The van der Waals surface area contributed by atoms with Crippen molar-refractivity contribution in [1.82, 2.24) is 24.5 Å². The van der Waals surface area contributed by atoms with Crippen LogP contribution in [-0.2, 0) is 6.54 Å². The summed E-state index contributed by atoms with van der Waals surface area (Å²) >= 11 is 3.49. The highest BCUT2D eigenvalue weighted by atomic mass is 79.9. The van der Waals surface area contributed by atoms with E-state index in [9.17, 15) is 4.39 Å². The SMILES string of the molecule is CCOc1nc(C)c2nc(-c3cncc(F)c3)n(Cc3ccc(Br)cc3OCC)c2n1. The van der Waals surface area contributed by atoms with Gasteiger partial charge >= 0.3 is 6.01 Å². The molecule has 7 nitrogen and oxygen atoms in total. The van der Waals surface area contributed by atoms with E-state index in [1.54, 1.807) is 6.20 Å². The Balaban J connectivity index is 1.94. The van der Waals surface area contributed by atoms with E-state index in [-0.39, 0.29) is 6.01 Å².